The van der Waals surface area contributed by atoms with Gasteiger partial charge in [-0.05, 0) is 24.0 Å². The average molecular weight is 201 g/mol. The zero-order valence-corrected chi connectivity index (χ0v) is 8.12. The number of hydrogen-bond acceptors (Lipinski definition) is 2. The molecule has 1 heterocycles. The predicted molar refractivity (Wildman–Crippen MR) is 57.0 cm³/mol. The number of benzene rings is 1. The molecule has 76 valence electrons. The molecular formula is C12H11NO2. The lowest BCUT2D eigenvalue weighted by molar-refractivity contribution is 0.424. The van der Waals surface area contributed by atoms with Gasteiger partial charge in [0, 0.05) is 5.56 Å². The van der Waals surface area contributed by atoms with E-state index in [9.17, 15) is 10.2 Å². The summed E-state index contributed by atoms with van der Waals surface area (Å²) in [6.07, 6.45) is 1.68. The Balaban J connectivity index is 2.33. The van der Waals surface area contributed by atoms with E-state index in [0.29, 0.717) is 0 Å². The van der Waals surface area contributed by atoms with Crippen molar-refractivity contribution in [3.05, 3.63) is 35.4 Å². The van der Waals surface area contributed by atoms with Crippen LogP contribution < -0.4 is 0 Å². The number of H-pyrrole nitrogens is 1. The summed E-state index contributed by atoms with van der Waals surface area (Å²) in [5, 5.41) is 19.3. The van der Waals surface area contributed by atoms with Crippen LogP contribution in [0.15, 0.2) is 24.3 Å². The molecule has 3 heteroatoms. The largest absolute Gasteiger partial charge is 0.494 e. The van der Waals surface area contributed by atoms with Gasteiger partial charge in [-0.2, -0.15) is 0 Å². The second-order valence-electron chi connectivity index (χ2n) is 3.83. The Hall–Kier alpha value is -1.90. The third-order valence-corrected chi connectivity index (χ3v) is 2.99. The second-order valence-corrected chi connectivity index (χ2v) is 3.83. The highest BCUT2D eigenvalue weighted by molar-refractivity contribution is 5.79. The van der Waals surface area contributed by atoms with Crippen LogP contribution in [0.1, 0.15) is 11.1 Å². The Morgan fingerprint density at radius 1 is 1.00 bits per heavy atom. The van der Waals surface area contributed by atoms with Gasteiger partial charge in [0.1, 0.15) is 0 Å². The fourth-order valence-corrected chi connectivity index (χ4v) is 2.29. The van der Waals surface area contributed by atoms with Gasteiger partial charge in [-0.3, -0.25) is 4.98 Å². The van der Waals surface area contributed by atoms with E-state index in [1.807, 2.05) is 18.2 Å². The third kappa shape index (κ3) is 1.06. The summed E-state index contributed by atoms with van der Waals surface area (Å²) in [5.41, 5.74) is 3.83. The summed E-state index contributed by atoms with van der Waals surface area (Å²) >= 11 is 0. The molecule has 0 bridgehead atoms. The minimum absolute atomic E-state index is 0.0645. The first-order chi connectivity index (χ1) is 7.27. The number of fused-ring (bicyclic) bond motifs is 3. The summed E-state index contributed by atoms with van der Waals surface area (Å²) < 4.78 is 0. The van der Waals surface area contributed by atoms with Gasteiger partial charge in [0.15, 0.2) is 11.8 Å². The molecule has 2 aromatic rings. The van der Waals surface area contributed by atoms with Gasteiger partial charge in [0.2, 0.25) is 0 Å². The van der Waals surface area contributed by atoms with Gasteiger partial charge in [-0.25, -0.2) is 0 Å². The fourth-order valence-electron chi connectivity index (χ4n) is 2.29. The molecule has 0 aliphatic heterocycles. The van der Waals surface area contributed by atoms with E-state index in [4.69, 9.17) is 0 Å². The Bertz CT molecular complexity index is 528. The summed E-state index contributed by atoms with van der Waals surface area (Å²) in [6, 6.07) is 7.97. The maximum absolute atomic E-state index is 9.71. The standard InChI is InChI=1S/C12H11NO2/c14-11-9-6-5-7-3-1-2-4-8(7)10(9)12(15)13-11/h1-4,13-15H,5-6H2. The predicted octanol–water partition coefficient (Wildman–Crippen LogP) is 2.19. The lowest BCUT2D eigenvalue weighted by Crippen LogP contribution is -2.01. The summed E-state index contributed by atoms with van der Waals surface area (Å²) in [7, 11) is 0. The number of aryl methyl sites for hydroxylation is 1. The Morgan fingerprint density at radius 3 is 2.67 bits per heavy atom. The van der Waals surface area contributed by atoms with Crippen molar-refractivity contribution in [2.24, 2.45) is 0 Å². The van der Waals surface area contributed by atoms with Crippen molar-refractivity contribution >= 4 is 0 Å². The molecule has 0 saturated heterocycles. The van der Waals surface area contributed by atoms with Gasteiger partial charge < -0.3 is 10.2 Å². The zero-order valence-electron chi connectivity index (χ0n) is 8.12. The van der Waals surface area contributed by atoms with Crippen molar-refractivity contribution < 1.29 is 10.2 Å². The SMILES string of the molecule is Oc1[nH]c(O)c2c1CCc1ccccc1-2. The van der Waals surface area contributed by atoms with Gasteiger partial charge >= 0.3 is 0 Å². The van der Waals surface area contributed by atoms with E-state index in [2.05, 4.69) is 11.1 Å². The molecule has 1 aliphatic carbocycles. The first-order valence-electron chi connectivity index (χ1n) is 4.98. The van der Waals surface area contributed by atoms with E-state index < -0.39 is 0 Å². The quantitative estimate of drug-likeness (QED) is 0.612. The van der Waals surface area contributed by atoms with Crippen LogP contribution in [-0.2, 0) is 12.8 Å². The summed E-state index contributed by atoms with van der Waals surface area (Å²) in [4.78, 5) is 2.57. The minimum Gasteiger partial charge on any atom is -0.494 e. The van der Waals surface area contributed by atoms with E-state index >= 15 is 0 Å². The molecule has 0 unspecified atom stereocenters. The van der Waals surface area contributed by atoms with E-state index in [1.165, 1.54) is 5.56 Å². The van der Waals surface area contributed by atoms with Crippen molar-refractivity contribution in [2.45, 2.75) is 12.8 Å². The highest BCUT2D eigenvalue weighted by Crippen LogP contribution is 2.43. The van der Waals surface area contributed by atoms with Crippen molar-refractivity contribution in [3.8, 4) is 22.9 Å². The fraction of sp³-hybridized carbons (Fsp3) is 0.167. The molecule has 0 fully saturated rings. The van der Waals surface area contributed by atoms with Crippen LogP contribution in [0.2, 0.25) is 0 Å². The van der Waals surface area contributed by atoms with Crippen molar-refractivity contribution in [1.29, 1.82) is 0 Å². The Morgan fingerprint density at radius 2 is 1.80 bits per heavy atom. The summed E-state index contributed by atoms with van der Waals surface area (Å²) in [6.45, 7) is 0. The molecule has 1 aromatic heterocycles. The highest BCUT2D eigenvalue weighted by atomic mass is 16.3. The van der Waals surface area contributed by atoms with Gasteiger partial charge in [0.25, 0.3) is 0 Å². The smallest absolute Gasteiger partial charge is 0.199 e. The molecule has 3 rings (SSSR count). The first-order valence-corrected chi connectivity index (χ1v) is 4.98. The van der Waals surface area contributed by atoms with Crippen LogP contribution in [0.4, 0.5) is 0 Å². The summed E-state index contributed by atoms with van der Waals surface area (Å²) in [5.74, 6) is 0.159. The molecule has 0 radical (unpaired) electrons. The minimum atomic E-state index is 0.0645. The number of hydrogen-bond donors (Lipinski definition) is 3. The van der Waals surface area contributed by atoms with Crippen LogP contribution in [0.5, 0.6) is 11.8 Å². The lowest BCUT2D eigenvalue weighted by atomic mass is 9.88. The van der Waals surface area contributed by atoms with Gasteiger partial charge in [-0.1, -0.05) is 24.3 Å². The van der Waals surface area contributed by atoms with Crippen LogP contribution in [0.3, 0.4) is 0 Å². The second kappa shape index (κ2) is 2.79. The molecule has 15 heavy (non-hydrogen) atoms. The zero-order chi connectivity index (χ0) is 10.4. The highest BCUT2D eigenvalue weighted by Gasteiger charge is 2.23. The molecule has 0 saturated carbocycles. The number of aromatic amines is 1. The monoisotopic (exact) mass is 201 g/mol. The number of rotatable bonds is 0. The van der Waals surface area contributed by atoms with Crippen molar-refractivity contribution in [1.82, 2.24) is 4.98 Å². The van der Waals surface area contributed by atoms with Crippen molar-refractivity contribution in [2.75, 3.05) is 0 Å². The van der Waals surface area contributed by atoms with Crippen LogP contribution in [0.25, 0.3) is 11.1 Å². The van der Waals surface area contributed by atoms with Gasteiger partial charge in [-0.15, -0.1) is 0 Å². The van der Waals surface area contributed by atoms with E-state index in [-0.39, 0.29) is 11.8 Å². The molecule has 3 N–H and O–H groups in total. The van der Waals surface area contributed by atoms with Crippen LogP contribution in [0, 0.1) is 0 Å². The molecule has 1 aromatic carbocycles. The average Bonchev–Trinajstić information content (AvgIpc) is 2.55. The lowest BCUT2D eigenvalue weighted by Gasteiger charge is -2.15. The molecular weight excluding hydrogens is 190 g/mol. The first kappa shape index (κ1) is 8.41. The number of aromatic hydroxyl groups is 2. The Kier molecular flexibility index (Phi) is 1.57. The number of aromatic nitrogens is 1. The molecule has 3 nitrogen and oxygen atoms in total. The molecule has 0 amide bonds. The molecule has 0 atom stereocenters. The van der Waals surface area contributed by atoms with Gasteiger partial charge in [0.05, 0.1) is 5.56 Å². The van der Waals surface area contributed by atoms with Crippen molar-refractivity contribution in [3.63, 3.8) is 0 Å². The normalized spacial score (nSPS) is 13.3. The molecule has 1 aliphatic rings. The third-order valence-electron chi connectivity index (χ3n) is 2.99. The van der Waals surface area contributed by atoms with Crippen LogP contribution >= 0.6 is 0 Å². The maximum Gasteiger partial charge on any atom is 0.199 e. The Labute approximate surface area is 87.0 Å². The van der Waals surface area contributed by atoms with Crippen LogP contribution in [-0.4, -0.2) is 15.2 Å². The van der Waals surface area contributed by atoms with E-state index in [0.717, 1.165) is 29.5 Å². The topological polar surface area (TPSA) is 56.2 Å². The molecule has 0 spiro atoms. The number of nitrogens with one attached hydrogen (secondary N) is 1. The maximum atomic E-state index is 9.71. The van der Waals surface area contributed by atoms with E-state index in [1.54, 1.807) is 0 Å².